The Morgan fingerprint density at radius 2 is 2.27 bits per heavy atom. The zero-order chi connectivity index (χ0) is 15.4. The Balaban J connectivity index is 1.68. The molecule has 0 radical (unpaired) electrons. The number of hydrogen-bond acceptors (Lipinski definition) is 4. The normalized spacial score (nSPS) is 18.0. The number of nitrogens with zero attached hydrogens (tertiary/aromatic N) is 1. The molecule has 0 unspecified atom stereocenters. The number of morpholine rings is 1. The summed E-state index contributed by atoms with van der Waals surface area (Å²) in [4.78, 5) is 16.4. The lowest BCUT2D eigenvalue weighted by atomic mass is 10.1. The van der Waals surface area contributed by atoms with Crippen molar-refractivity contribution in [2.75, 3.05) is 25.0 Å². The van der Waals surface area contributed by atoms with E-state index >= 15 is 0 Å². The van der Waals surface area contributed by atoms with Crippen molar-refractivity contribution in [1.82, 2.24) is 10.3 Å². The van der Waals surface area contributed by atoms with Gasteiger partial charge in [0.1, 0.15) is 11.9 Å². The Hall–Kier alpha value is -2.31. The summed E-state index contributed by atoms with van der Waals surface area (Å²) in [5, 5.41) is 5.86. The monoisotopic (exact) mass is 301 g/mol. The molecule has 0 aliphatic carbocycles. The molecule has 114 valence electrons. The minimum Gasteiger partial charge on any atom is -0.369 e. The number of carbonyl (C=O) groups excluding carboxylic acids is 1. The fourth-order valence-electron chi connectivity index (χ4n) is 2.25. The second kappa shape index (κ2) is 6.64. The van der Waals surface area contributed by atoms with Crippen LogP contribution in [-0.2, 0) is 4.74 Å². The van der Waals surface area contributed by atoms with Gasteiger partial charge in [0.2, 0.25) is 0 Å². The molecule has 6 heteroatoms. The molecule has 1 aromatic carbocycles. The maximum absolute atomic E-state index is 13.1. The number of pyridine rings is 1. The molecule has 2 heterocycles. The predicted octanol–water partition coefficient (Wildman–Crippen LogP) is 2.13. The molecule has 1 amide bonds. The lowest BCUT2D eigenvalue weighted by molar-refractivity contribution is 0.0250. The van der Waals surface area contributed by atoms with E-state index in [9.17, 15) is 9.18 Å². The number of anilines is 1. The van der Waals surface area contributed by atoms with Gasteiger partial charge in [-0.2, -0.15) is 0 Å². The van der Waals surface area contributed by atoms with Gasteiger partial charge < -0.3 is 15.4 Å². The molecule has 1 aromatic heterocycles. The van der Waals surface area contributed by atoms with Crippen LogP contribution < -0.4 is 10.6 Å². The van der Waals surface area contributed by atoms with E-state index in [1.54, 1.807) is 24.3 Å². The Labute approximate surface area is 127 Å². The Morgan fingerprint density at radius 1 is 1.36 bits per heavy atom. The maximum atomic E-state index is 13.1. The SMILES string of the molecule is O=C(Nc1cccc(F)c1)c1ccc([C@@H]2CNCCO2)nc1. The van der Waals surface area contributed by atoms with Crippen molar-refractivity contribution in [1.29, 1.82) is 0 Å². The van der Waals surface area contributed by atoms with E-state index in [-0.39, 0.29) is 12.0 Å². The second-order valence-corrected chi connectivity index (χ2v) is 5.00. The molecule has 1 aliphatic rings. The highest BCUT2D eigenvalue weighted by Gasteiger charge is 2.17. The van der Waals surface area contributed by atoms with E-state index in [2.05, 4.69) is 15.6 Å². The van der Waals surface area contributed by atoms with Crippen molar-refractivity contribution < 1.29 is 13.9 Å². The highest BCUT2D eigenvalue weighted by atomic mass is 19.1. The van der Waals surface area contributed by atoms with Gasteiger partial charge in [-0.05, 0) is 30.3 Å². The molecule has 1 saturated heterocycles. The predicted molar refractivity (Wildman–Crippen MR) is 80.2 cm³/mol. The minimum absolute atomic E-state index is 0.0888. The number of rotatable bonds is 3. The fraction of sp³-hybridized carbons (Fsp3) is 0.250. The van der Waals surface area contributed by atoms with Gasteiger partial charge >= 0.3 is 0 Å². The quantitative estimate of drug-likeness (QED) is 0.911. The zero-order valence-corrected chi connectivity index (χ0v) is 11.9. The Morgan fingerprint density at radius 3 is 2.95 bits per heavy atom. The summed E-state index contributed by atoms with van der Waals surface area (Å²) in [6, 6.07) is 9.22. The van der Waals surface area contributed by atoms with Gasteiger partial charge in [-0.15, -0.1) is 0 Å². The van der Waals surface area contributed by atoms with E-state index in [4.69, 9.17) is 4.74 Å². The van der Waals surface area contributed by atoms with E-state index in [0.717, 1.165) is 12.2 Å². The van der Waals surface area contributed by atoms with E-state index in [0.29, 0.717) is 24.4 Å². The molecule has 1 fully saturated rings. The first-order valence-electron chi connectivity index (χ1n) is 7.07. The van der Waals surface area contributed by atoms with Crippen LogP contribution in [0.2, 0.25) is 0 Å². The van der Waals surface area contributed by atoms with Crippen molar-refractivity contribution in [2.24, 2.45) is 0 Å². The number of amides is 1. The summed E-state index contributed by atoms with van der Waals surface area (Å²) >= 11 is 0. The smallest absolute Gasteiger partial charge is 0.257 e. The van der Waals surface area contributed by atoms with E-state index < -0.39 is 5.82 Å². The highest BCUT2D eigenvalue weighted by Crippen LogP contribution is 2.17. The number of hydrogen-bond donors (Lipinski definition) is 2. The van der Waals surface area contributed by atoms with Crippen LogP contribution in [0.25, 0.3) is 0 Å². The van der Waals surface area contributed by atoms with Gasteiger partial charge in [0.05, 0.1) is 17.9 Å². The number of nitrogens with one attached hydrogen (secondary N) is 2. The van der Waals surface area contributed by atoms with Crippen LogP contribution in [-0.4, -0.2) is 30.6 Å². The average Bonchev–Trinajstić information content (AvgIpc) is 2.56. The molecule has 5 nitrogen and oxygen atoms in total. The molecular weight excluding hydrogens is 285 g/mol. The van der Waals surface area contributed by atoms with Gasteiger partial charge in [-0.1, -0.05) is 6.07 Å². The van der Waals surface area contributed by atoms with Crippen LogP contribution in [0.1, 0.15) is 22.2 Å². The maximum Gasteiger partial charge on any atom is 0.257 e. The van der Waals surface area contributed by atoms with Crippen molar-refractivity contribution in [2.45, 2.75) is 6.10 Å². The van der Waals surface area contributed by atoms with Crippen LogP contribution in [0.4, 0.5) is 10.1 Å². The first kappa shape index (κ1) is 14.6. The van der Waals surface area contributed by atoms with Crippen LogP contribution in [0, 0.1) is 5.82 Å². The summed E-state index contributed by atoms with van der Waals surface area (Å²) in [5.74, 6) is -0.722. The van der Waals surface area contributed by atoms with Gasteiger partial charge in [0, 0.05) is 25.0 Å². The minimum atomic E-state index is -0.395. The van der Waals surface area contributed by atoms with Crippen LogP contribution in [0.15, 0.2) is 42.6 Å². The molecule has 1 atom stereocenters. The molecule has 0 spiro atoms. The lowest BCUT2D eigenvalue weighted by Gasteiger charge is -2.23. The standard InChI is InChI=1S/C16H16FN3O2/c17-12-2-1-3-13(8-12)20-16(21)11-4-5-14(19-9-11)15-10-18-6-7-22-15/h1-5,8-9,15,18H,6-7,10H2,(H,20,21)/t15-/m0/s1. The lowest BCUT2D eigenvalue weighted by Crippen LogP contribution is -2.33. The summed E-state index contributed by atoms with van der Waals surface area (Å²) in [5.41, 5.74) is 1.61. The third-order valence-electron chi connectivity index (χ3n) is 3.39. The summed E-state index contributed by atoms with van der Waals surface area (Å²) in [6.07, 6.45) is 1.41. The Kier molecular flexibility index (Phi) is 4.41. The second-order valence-electron chi connectivity index (χ2n) is 5.00. The number of ether oxygens (including phenoxy) is 1. The first-order chi connectivity index (χ1) is 10.7. The number of halogens is 1. The van der Waals surface area contributed by atoms with Crippen LogP contribution >= 0.6 is 0 Å². The molecular formula is C16H16FN3O2. The van der Waals surface area contributed by atoms with Crippen molar-refractivity contribution in [3.8, 4) is 0 Å². The van der Waals surface area contributed by atoms with Crippen molar-refractivity contribution in [3.63, 3.8) is 0 Å². The zero-order valence-electron chi connectivity index (χ0n) is 11.9. The average molecular weight is 301 g/mol. The number of benzene rings is 1. The molecule has 3 rings (SSSR count). The first-order valence-corrected chi connectivity index (χ1v) is 7.07. The van der Waals surface area contributed by atoms with E-state index in [1.165, 1.54) is 18.3 Å². The van der Waals surface area contributed by atoms with Gasteiger partial charge in [0.25, 0.3) is 5.91 Å². The van der Waals surface area contributed by atoms with Gasteiger partial charge in [-0.3, -0.25) is 9.78 Å². The van der Waals surface area contributed by atoms with Crippen molar-refractivity contribution >= 4 is 11.6 Å². The number of carbonyl (C=O) groups is 1. The summed E-state index contributed by atoms with van der Waals surface area (Å²) in [6.45, 7) is 2.20. The fourth-order valence-corrected chi connectivity index (χ4v) is 2.25. The van der Waals surface area contributed by atoms with Gasteiger partial charge in [0.15, 0.2) is 0 Å². The van der Waals surface area contributed by atoms with Crippen LogP contribution in [0.3, 0.4) is 0 Å². The van der Waals surface area contributed by atoms with E-state index in [1.807, 2.05) is 0 Å². The molecule has 0 saturated carbocycles. The third-order valence-corrected chi connectivity index (χ3v) is 3.39. The molecule has 0 bridgehead atoms. The van der Waals surface area contributed by atoms with Crippen molar-refractivity contribution in [3.05, 3.63) is 59.7 Å². The molecule has 2 aromatic rings. The summed E-state index contributed by atoms with van der Waals surface area (Å²) in [7, 11) is 0. The topological polar surface area (TPSA) is 63.2 Å². The number of aromatic nitrogens is 1. The third kappa shape index (κ3) is 3.47. The highest BCUT2D eigenvalue weighted by molar-refractivity contribution is 6.04. The summed E-state index contributed by atoms with van der Waals surface area (Å²) < 4.78 is 18.7. The van der Waals surface area contributed by atoms with Gasteiger partial charge in [-0.25, -0.2) is 4.39 Å². The molecule has 2 N–H and O–H groups in total. The molecule has 1 aliphatic heterocycles. The Bertz CT molecular complexity index is 655. The van der Waals surface area contributed by atoms with Crippen LogP contribution in [0.5, 0.6) is 0 Å². The largest absolute Gasteiger partial charge is 0.369 e. The molecule has 22 heavy (non-hydrogen) atoms.